The number of carbonyl (C=O) groups excluding carboxylic acids is 1. The molecule has 28 heavy (non-hydrogen) atoms. The van der Waals surface area contributed by atoms with Crippen molar-refractivity contribution in [3.05, 3.63) is 76.7 Å². The molecule has 0 unspecified atom stereocenters. The van der Waals surface area contributed by atoms with Gasteiger partial charge in [0.1, 0.15) is 22.3 Å². The summed E-state index contributed by atoms with van der Waals surface area (Å²) >= 11 is 5.83. The smallest absolute Gasteiger partial charge is 0.263 e. The van der Waals surface area contributed by atoms with E-state index in [-0.39, 0.29) is 22.0 Å². The van der Waals surface area contributed by atoms with Crippen LogP contribution in [0.4, 0.5) is 20.2 Å². The molecule has 2 N–H and O–H groups in total. The van der Waals surface area contributed by atoms with E-state index in [1.807, 2.05) is 0 Å². The minimum absolute atomic E-state index is 0.0547. The summed E-state index contributed by atoms with van der Waals surface area (Å²) in [4.78, 5) is 11.7. The zero-order chi connectivity index (χ0) is 20.5. The van der Waals surface area contributed by atoms with Crippen LogP contribution in [0.15, 0.2) is 58.0 Å². The molecule has 6 nitrogen and oxygen atoms in total. The third kappa shape index (κ3) is 4.15. The molecular weight excluding hydrogens is 414 g/mol. The van der Waals surface area contributed by atoms with Crippen LogP contribution in [0.5, 0.6) is 0 Å². The highest BCUT2D eigenvalue weighted by molar-refractivity contribution is 7.92. The number of furan rings is 1. The van der Waals surface area contributed by atoms with Gasteiger partial charge in [-0.1, -0.05) is 11.6 Å². The largest absolute Gasteiger partial charge is 0.469 e. The van der Waals surface area contributed by atoms with Crippen molar-refractivity contribution < 1.29 is 26.4 Å². The van der Waals surface area contributed by atoms with E-state index in [9.17, 15) is 22.0 Å². The van der Waals surface area contributed by atoms with Gasteiger partial charge in [0.15, 0.2) is 0 Å². The van der Waals surface area contributed by atoms with Gasteiger partial charge < -0.3 is 9.73 Å². The van der Waals surface area contributed by atoms with Crippen LogP contribution in [-0.4, -0.2) is 14.3 Å². The second-order valence-corrected chi connectivity index (χ2v) is 7.78. The Morgan fingerprint density at radius 1 is 1.11 bits per heavy atom. The van der Waals surface area contributed by atoms with Gasteiger partial charge >= 0.3 is 0 Å². The number of rotatable bonds is 5. The number of benzene rings is 2. The van der Waals surface area contributed by atoms with Gasteiger partial charge in [-0.2, -0.15) is 0 Å². The molecule has 0 fully saturated rings. The van der Waals surface area contributed by atoms with E-state index in [4.69, 9.17) is 16.0 Å². The highest BCUT2D eigenvalue weighted by atomic mass is 35.5. The average Bonchev–Trinajstić information content (AvgIpc) is 3.05. The number of halogens is 3. The van der Waals surface area contributed by atoms with Crippen LogP contribution < -0.4 is 10.0 Å². The van der Waals surface area contributed by atoms with Crippen LogP contribution in [0.2, 0.25) is 5.02 Å². The number of sulfonamides is 1. The summed E-state index contributed by atoms with van der Waals surface area (Å²) in [7, 11) is -4.25. The molecule has 0 saturated heterocycles. The van der Waals surface area contributed by atoms with E-state index >= 15 is 0 Å². The van der Waals surface area contributed by atoms with E-state index in [0.29, 0.717) is 5.76 Å². The molecule has 0 spiro atoms. The Labute approximate surface area is 164 Å². The van der Waals surface area contributed by atoms with Crippen molar-refractivity contribution >= 4 is 38.9 Å². The van der Waals surface area contributed by atoms with Crippen molar-refractivity contribution in [2.45, 2.75) is 11.8 Å². The zero-order valence-corrected chi connectivity index (χ0v) is 15.9. The first-order valence-electron chi connectivity index (χ1n) is 7.80. The van der Waals surface area contributed by atoms with Gasteiger partial charge in [0.25, 0.3) is 15.9 Å². The Hall–Kier alpha value is -2.91. The fraction of sp³-hybridized carbons (Fsp3) is 0.0556. The first kappa shape index (κ1) is 19.8. The number of aryl methyl sites for hydroxylation is 1. The van der Waals surface area contributed by atoms with Gasteiger partial charge in [-0.15, -0.1) is 0 Å². The van der Waals surface area contributed by atoms with Crippen molar-refractivity contribution in [3.8, 4) is 0 Å². The van der Waals surface area contributed by atoms with Crippen molar-refractivity contribution in [2.75, 3.05) is 10.0 Å². The lowest BCUT2D eigenvalue weighted by Gasteiger charge is -2.12. The maximum atomic E-state index is 14.1. The normalized spacial score (nSPS) is 11.3. The van der Waals surface area contributed by atoms with Crippen molar-refractivity contribution in [1.29, 1.82) is 0 Å². The van der Waals surface area contributed by atoms with Crippen LogP contribution in [0.1, 0.15) is 16.1 Å². The Kier molecular flexibility index (Phi) is 5.39. The van der Waals surface area contributed by atoms with E-state index in [1.54, 1.807) is 6.92 Å². The van der Waals surface area contributed by atoms with Crippen molar-refractivity contribution in [3.63, 3.8) is 0 Å². The van der Waals surface area contributed by atoms with Gasteiger partial charge in [0.2, 0.25) is 0 Å². The number of nitrogens with one attached hydrogen (secondary N) is 2. The Bertz CT molecular complexity index is 1160. The molecule has 0 aliphatic heterocycles. The first-order valence-corrected chi connectivity index (χ1v) is 9.66. The molecule has 3 aromatic rings. The standard InChI is InChI=1S/C18H13ClF2N2O4S/c1-10-13(6-7-27-10)18(24)22-16-9-12(3-5-15(16)21)23-28(25,26)17-8-11(20)2-4-14(17)19/h2-9,23H,1H3,(H,22,24). The van der Waals surface area contributed by atoms with Gasteiger partial charge in [-0.3, -0.25) is 9.52 Å². The molecule has 1 aromatic heterocycles. The molecule has 2 aromatic carbocycles. The predicted octanol–water partition coefficient (Wildman–Crippen LogP) is 4.57. The van der Waals surface area contributed by atoms with E-state index in [0.717, 1.165) is 36.4 Å². The van der Waals surface area contributed by atoms with E-state index in [2.05, 4.69) is 10.0 Å². The lowest BCUT2D eigenvalue weighted by atomic mass is 10.2. The molecule has 146 valence electrons. The summed E-state index contributed by atoms with van der Waals surface area (Å²) in [6, 6.07) is 7.52. The molecule has 3 rings (SSSR count). The topological polar surface area (TPSA) is 88.4 Å². The summed E-state index contributed by atoms with van der Waals surface area (Å²) in [6.45, 7) is 1.57. The molecule has 0 aliphatic rings. The summed E-state index contributed by atoms with van der Waals surface area (Å²) < 4.78 is 59.6. The number of hydrogen-bond donors (Lipinski definition) is 2. The molecule has 0 saturated carbocycles. The summed E-state index contributed by atoms with van der Waals surface area (Å²) in [5.41, 5.74) is -0.103. The third-order valence-electron chi connectivity index (χ3n) is 3.75. The number of carbonyl (C=O) groups is 1. The maximum Gasteiger partial charge on any atom is 0.263 e. The maximum absolute atomic E-state index is 14.1. The fourth-order valence-electron chi connectivity index (χ4n) is 2.39. The molecule has 0 atom stereocenters. The fourth-order valence-corrected chi connectivity index (χ4v) is 3.95. The monoisotopic (exact) mass is 426 g/mol. The van der Waals surface area contributed by atoms with Gasteiger partial charge in [-0.05, 0) is 49.4 Å². The number of anilines is 2. The number of hydrogen-bond acceptors (Lipinski definition) is 4. The molecule has 10 heteroatoms. The Morgan fingerprint density at radius 2 is 1.86 bits per heavy atom. The van der Waals surface area contributed by atoms with Crippen LogP contribution in [0, 0.1) is 18.6 Å². The first-order chi connectivity index (χ1) is 13.2. The lowest BCUT2D eigenvalue weighted by molar-refractivity contribution is 0.102. The molecule has 1 amide bonds. The van der Waals surface area contributed by atoms with E-state index in [1.165, 1.54) is 12.3 Å². The minimum atomic E-state index is -4.25. The second kappa shape index (κ2) is 7.61. The highest BCUT2D eigenvalue weighted by Gasteiger charge is 2.20. The van der Waals surface area contributed by atoms with Crippen LogP contribution in [0.25, 0.3) is 0 Å². The molecule has 0 radical (unpaired) electrons. The SMILES string of the molecule is Cc1occc1C(=O)Nc1cc(NS(=O)(=O)c2cc(F)ccc2Cl)ccc1F. The van der Waals surface area contributed by atoms with Crippen LogP contribution in [-0.2, 0) is 10.0 Å². The van der Waals surface area contributed by atoms with Crippen LogP contribution >= 0.6 is 11.6 Å². The summed E-state index contributed by atoms with van der Waals surface area (Å²) in [5, 5.41) is 2.16. The van der Waals surface area contributed by atoms with Gasteiger partial charge in [0.05, 0.1) is 28.2 Å². The Morgan fingerprint density at radius 3 is 2.54 bits per heavy atom. The van der Waals surface area contributed by atoms with Crippen molar-refractivity contribution in [1.82, 2.24) is 0 Å². The Balaban J connectivity index is 1.88. The van der Waals surface area contributed by atoms with Crippen molar-refractivity contribution in [2.24, 2.45) is 0 Å². The van der Waals surface area contributed by atoms with E-state index < -0.39 is 32.5 Å². The van der Waals surface area contributed by atoms with Crippen LogP contribution in [0.3, 0.4) is 0 Å². The van der Waals surface area contributed by atoms with Gasteiger partial charge in [-0.25, -0.2) is 17.2 Å². The average molecular weight is 427 g/mol. The molecule has 0 aliphatic carbocycles. The van der Waals surface area contributed by atoms with Gasteiger partial charge in [0, 0.05) is 0 Å². The summed E-state index contributed by atoms with van der Waals surface area (Å²) in [6.07, 6.45) is 1.31. The zero-order valence-electron chi connectivity index (χ0n) is 14.3. The summed E-state index contributed by atoms with van der Waals surface area (Å²) in [5.74, 6) is -1.85. The second-order valence-electron chi connectivity index (χ2n) is 5.72. The molecule has 0 bridgehead atoms. The molecule has 1 heterocycles. The minimum Gasteiger partial charge on any atom is -0.469 e. The molecular formula is C18H13ClF2N2O4S. The third-order valence-corrected chi connectivity index (χ3v) is 5.62. The quantitative estimate of drug-likeness (QED) is 0.625. The lowest BCUT2D eigenvalue weighted by Crippen LogP contribution is -2.16. The highest BCUT2D eigenvalue weighted by Crippen LogP contribution is 2.27. The predicted molar refractivity (Wildman–Crippen MR) is 100 cm³/mol. The number of amides is 1.